The lowest BCUT2D eigenvalue weighted by Gasteiger charge is -2.22. The molecule has 2 amide bonds. The van der Waals surface area contributed by atoms with Gasteiger partial charge in [-0.25, -0.2) is 5.43 Å². The first-order valence-corrected chi connectivity index (χ1v) is 12.1. The predicted molar refractivity (Wildman–Crippen MR) is 129 cm³/mol. The monoisotopic (exact) mass is 453 g/mol. The molecule has 0 unspecified atom stereocenters. The molecule has 170 valence electrons. The molecule has 0 aromatic heterocycles. The van der Waals surface area contributed by atoms with Gasteiger partial charge in [0.25, 0.3) is 5.91 Å². The fourth-order valence-electron chi connectivity index (χ4n) is 3.45. The standard InChI is InChI=1S/C25H31N3O3S/c1-19-7-13-23(14-8-19)32-16-15-24(29)28-26-17-20-9-11-22(12-10-20)31-18-25(30)27-21-5-3-2-4-6-21/h7-14,17,21H,2-6,15-16,18H2,1H3,(H,27,30)(H,28,29)/b26-17-. The van der Waals surface area contributed by atoms with Crippen LogP contribution >= 0.6 is 11.8 Å². The van der Waals surface area contributed by atoms with Gasteiger partial charge in [-0.05, 0) is 61.7 Å². The van der Waals surface area contributed by atoms with Gasteiger partial charge in [-0.3, -0.25) is 9.59 Å². The van der Waals surface area contributed by atoms with E-state index >= 15 is 0 Å². The first kappa shape index (κ1) is 23.9. The van der Waals surface area contributed by atoms with Crippen molar-refractivity contribution in [3.8, 4) is 5.75 Å². The van der Waals surface area contributed by atoms with Crippen molar-refractivity contribution in [3.05, 3.63) is 59.7 Å². The first-order valence-electron chi connectivity index (χ1n) is 11.1. The van der Waals surface area contributed by atoms with Crippen LogP contribution in [0.15, 0.2) is 58.5 Å². The van der Waals surface area contributed by atoms with Crippen LogP contribution in [0.1, 0.15) is 49.7 Å². The predicted octanol–water partition coefficient (Wildman–Crippen LogP) is 4.46. The van der Waals surface area contributed by atoms with Crippen LogP contribution in [0.3, 0.4) is 0 Å². The van der Waals surface area contributed by atoms with E-state index < -0.39 is 0 Å². The number of rotatable bonds is 10. The molecule has 0 spiro atoms. The molecule has 6 nitrogen and oxygen atoms in total. The van der Waals surface area contributed by atoms with Gasteiger partial charge < -0.3 is 10.1 Å². The molecular weight excluding hydrogens is 422 g/mol. The van der Waals surface area contributed by atoms with Gasteiger partial charge in [-0.15, -0.1) is 11.8 Å². The normalized spacial score (nSPS) is 14.3. The Balaban J connectivity index is 1.32. The Morgan fingerprint density at radius 3 is 2.47 bits per heavy atom. The number of nitrogens with one attached hydrogen (secondary N) is 2. The Kier molecular flexibility index (Phi) is 9.62. The quantitative estimate of drug-likeness (QED) is 0.316. The molecular formula is C25H31N3O3S. The highest BCUT2D eigenvalue weighted by Crippen LogP contribution is 2.19. The second kappa shape index (κ2) is 12.9. The van der Waals surface area contributed by atoms with Crippen molar-refractivity contribution < 1.29 is 14.3 Å². The molecule has 3 rings (SSSR count). The first-order chi connectivity index (χ1) is 15.6. The summed E-state index contributed by atoms with van der Waals surface area (Å²) in [7, 11) is 0. The molecule has 0 aliphatic heterocycles. The average molecular weight is 454 g/mol. The van der Waals surface area contributed by atoms with E-state index in [4.69, 9.17) is 4.74 Å². The summed E-state index contributed by atoms with van der Waals surface area (Å²) in [5.41, 5.74) is 4.61. The lowest BCUT2D eigenvalue weighted by molar-refractivity contribution is -0.124. The van der Waals surface area contributed by atoms with E-state index in [1.54, 1.807) is 30.1 Å². The summed E-state index contributed by atoms with van der Waals surface area (Å²) in [6, 6.07) is 15.8. The Morgan fingerprint density at radius 2 is 1.75 bits per heavy atom. The molecule has 0 bridgehead atoms. The SMILES string of the molecule is Cc1ccc(SCCC(=O)N/N=C\c2ccc(OCC(=O)NC3CCCCC3)cc2)cc1. The van der Waals surface area contributed by atoms with Crippen molar-refractivity contribution >= 4 is 29.8 Å². The number of thioether (sulfide) groups is 1. The number of nitrogens with zero attached hydrogens (tertiary/aromatic N) is 1. The molecule has 1 aliphatic carbocycles. The van der Waals surface area contributed by atoms with E-state index in [9.17, 15) is 9.59 Å². The van der Waals surface area contributed by atoms with Crippen molar-refractivity contribution in [2.45, 2.75) is 56.4 Å². The topological polar surface area (TPSA) is 79.8 Å². The number of hydrazone groups is 1. The minimum atomic E-state index is -0.121. The van der Waals surface area contributed by atoms with Crippen LogP contribution in [-0.2, 0) is 9.59 Å². The number of amides is 2. The summed E-state index contributed by atoms with van der Waals surface area (Å²) in [5, 5.41) is 7.05. The largest absolute Gasteiger partial charge is 0.484 e. The minimum Gasteiger partial charge on any atom is -0.484 e. The summed E-state index contributed by atoms with van der Waals surface area (Å²) >= 11 is 1.65. The minimum absolute atomic E-state index is 0.0145. The molecule has 1 fully saturated rings. The zero-order valence-electron chi connectivity index (χ0n) is 18.5. The number of ether oxygens (including phenoxy) is 1. The van der Waals surface area contributed by atoms with Gasteiger partial charge in [0.15, 0.2) is 6.61 Å². The molecule has 0 saturated heterocycles. The maximum absolute atomic E-state index is 12.0. The molecule has 1 aliphatic rings. The molecule has 1 saturated carbocycles. The van der Waals surface area contributed by atoms with Crippen molar-refractivity contribution in [2.24, 2.45) is 5.10 Å². The van der Waals surface area contributed by atoms with Gasteiger partial charge in [-0.1, -0.05) is 37.0 Å². The Hall–Kier alpha value is -2.80. The van der Waals surface area contributed by atoms with Gasteiger partial charge >= 0.3 is 0 Å². The molecule has 0 heterocycles. The van der Waals surface area contributed by atoms with E-state index in [1.165, 1.54) is 24.8 Å². The third kappa shape index (κ3) is 8.75. The van der Waals surface area contributed by atoms with Crippen LogP contribution in [0.25, 0.3) is 0 Å². The highest BCUT2D eigenvalue weighted by atomic mass is 32.2. The second-order valence-corrected chi connectivity index (χ2v) is 9.13. The van der Waals surface area contributed by atoms with Crippen LogP contribution < -0.4 is 15.5 Å². The Labute approximate surface area is 194 Å². The van der Waals surface area contributed by atoms with Crippen molar-refractivity contribution in [1.29, 1.82) is 0 Å². The molecule has 2 aromatic carbocycles. The van der Waals surface area contributed by atoms with Crippen molar-refractivity contribution in [1.82, 2.24) is 10.7 Å². The van der Waals surface area contributed by atoms with Crippen molar-refractivity contribution in [2.75, 3.05) is 12.4 Å². The van der Waals surface area contributed by atoms with Gasteiger partial charge in [0.05, 0.1) is 6.21 Å². The van der Waals surface area contributed by atoms with Crippen LogP contribution in [-0.4, -0.2) is 36.4 Å². The van der Waals surface area contributed by atoms with E-state index in [0.717, 1.165) is 23.3 Å². The Morgan fingerprint density at radius 1 is 1.03 bits per heavy atom. The second-order valence-electron chi connectivity index (χ2n) is 7.96. The molecule has 0 atom stereocenters. The number of benzene rings is 2. The van der Waals surface area contributed by atoms with E-state index in [-0.39, 0.29) is 24.5 Å². The maximum atomic E-state index is 12.0. The molecule has 32 heavy (non-hydrogen) atoms. The summed E-state index contributed by atoms with van der Waals surface area (Å²) in [6.07, 6.45) is 7.72. The van der Waals surface area contributed by atoms with Gasteiger partial charge in [0.2, 0.25) is 5.91 Å². The number of aryl methyl sites for hydroxylation is 1. The number of hydrogen-bond donors (Lipinski definition) is 2. The van der Waals surface area contributed by atoms with Crippen LogP contribution in [0.2, 0.25) is 0 Å². The average Bonchev–Trinajstić information content (AvgIpc) is 2.80. The van der Waals surface area contributed by atoms with E-state index in [2.05, 4.69) is 47.0 Å². The fraction of sp³-hybridized carbons (Fsp3) is 0.400. The third-order valence-corrected chi connectivity index (χ3v) is 6.26. The molecule has 7 heteroatoms. The Bertz CT molecular complexity index is 892. The molecule has 0 radical (unpaired) electrons. The molecule has 2 N–H and O–H groups in total. The number of carbonyl (C=O) groups is 2. The summed E-state index contributed by atoms with van der Waals surface area (Å²) in [6.45, 7) is 2.07. The summed E-state index contributed by atoms with van der Waals surface area (Å²) < 4.78 is 5.57. The highest BCUT2D eigenvalue weighted by molar-refractivity contribution is 7.99. The van der Waals surface area contributed by atoms with Gasteiger partial charge in [0.1, 0.15) is 5.75 Å². The van der Waals surface area contributed by atoms with Crippen LogP contribution in [0.4, 0.5) is 0 Å². The lowest BCUT2D eigenvalue weighted by atomic mass is 9.95. The fourth-order valence-corrected chi connectivity index (χ4v) is 4.30. The van der Waals surface area contributed by atoms with Crippen LogP contribution in [0, 0.1) is 6.92 Å². The highest BCUT2D eigenvalue weighted by Gasteiger charge is 2.15. The zero-order valence-corrected chi connectivity index (χ0v) is 19.3. The molecule has 2 aromatic rings. The lowest BCUT2D eigenvalue weighted by Crippen LogP contribution is -2.38. The van der Waals surface area contributed by atoms with Crippen molar-refractivity contribution in [3.63, 3.8) is 0 Å². The third-order valence-electron chi connectivity index (χ3n) is 5.24. The summed E-state index contributed by atoms with van der Waals surface area (Å²) in [5.74, 6) is 1.12. The summed E-state index contributed by atoms with van der Waals surface area (Å²) in [4.78, 5) is 25.1. The number of hydrogen-bond acceptors (Lipinski definition) is 5. The smallest absolute Gasteiger partial charge is 0.258 e. The number of carbonyl (C=O) groups excluding carboxylic acids is 2. The zero-order chi connectivity index (χ0) is 22.6. The maximum Gasteiger partial charge on any atom is 0.258 e. The van der Waals surface area contributed by atoms with Gasteiger partial charge in [0, 0.05) is 23.1 Å². The van der Waals surface area contributed by atoms with Crippen LogP contribution in [0.5, 0.6) is 5.75 Å². The van der Waals surface area contributed by atoms with E-state index in [0.29, 0.717) is 17.9 Å². The van der Waals surface area contributed by atoms with E-state index in [1.807, 2.05) is 12.1 Å². The van der Waals surface area contributed by atoms with Gasteiger partial charge in [-0.2, -0.15) is 5.10 Å².